The Kier molecular flexibility index (Phi) is 5.10. The van der Waals surface area contributed by atoms with E-state index in [-0.39, 0.29) is 24.0 Å². The minimum Gasteiger partial charge on any atom is -0.466 e. The van der Waals surface area contributed by atoms with Crippen LogP contribution in [0.4, 0.5) is 5.69 Å². The first-order chi connectivity index (χ1) is 13.9. The van der Waals surface area contributed by atoms with Gasteiger partial charge in [-0.25, -0.2) is 4.79 Å². The number of benzene rings is 1. The highest BCUT2D eigenvalue weighted by Crippen LogP contribution is 2.31. The summed E-state index contributed by atoms with van der Waals surface area (Å²) in [5, 5.41) is 8.28. The molecule has 0 aliphatic carbocycles. The summed E-state index contributed by atoms with van der Waals surface area (Å²) in [6.45, 7) is 4.03. The quantitative estimate of drug-likeness (QED) is 0.579. The molecule has 0 unspecified atom stereocenters. The van der Waals surface area contributed by atoms with Crippen molar-refractivity contribution in [3.63, 3.8) is 0 Å². The van der Waals surface area contributed by atoms with Crippen molar-refractivity contribution in [3.8, 4) is 11.5 Å². The number of anilines is 1. The van der Waals surface area contributed by atoms with Crippen LogP contribution in [0.2, 0.25) is 5.02 Å². The molecule has 1 fully saturated rings. The minimum atomic E-state index is -0.579. The van der Waals surface area contributed by atoms with Crippen LogP contribution in [0.3, 0.4) is 0 Å². The van der Waals surface area contributed by atoms with Crippen molar-refractivity contribution in [2.75, 3.05) is 11.4 Å². The molecule has 2 aromatic heterocycles. The van der Waals surface area contributed by atoms with E-state index < -0.39 is 5.97 Å². The fourth-order valence-corrected chi connectivity index (χ4v) is 3.44. The van der Waals surface area contributed by atoms with E-state index in [2.05, 4.69) is 10.2 Å². The molecule has 0 N–H and O–H groups in total. The van der Waals surface area contributed by atoms with Gasteiger partial charge in [0, 0.05) is 13.0 Å². The van der Waals surface area contributed by atoms with E-state index in [4.69, 9.17) is 25.2 Å². The molecule has 1 aromatic carbocycles. The number of rotatable bonds is 5. The van der Waals surface area contributed by atoms with Crippen LogP contribution in [0.15, 0.2) is 33.1 Å². The van der Waals surface area contributed by atoms with Crippen molar-refractivity contribution < 1.29 is 23.2 Å². The predicted molar refractivity (Wildman–Crippen MR) is 104 cm³/mol. The zero-order valence-corrected chi connectivity index (χ0v) is 16.7. The van der Waals surface area contributed by atoms with Crippen LogP contribution in [0.1, 0.15) is 40.6 Å². The van der Waals surface area contributed by atoms with E-state index in [1.165, 1.54) is 0 Å². The smallest absolute Gasteiger partial charge is 0.338 e. The Hall–Kier alpha value is -3.13. The maximum absolute atomic E-state index is 12.4. The van der Waals surface area contributed by atoms with Crippen LogP contribution in [0, 0.1) is 13.8 Å². The van der Waals surface area contributed by atoms with Crippen LogP contribution < -0.4 is 4.90 Å². The Morgan fingerprint density at radius 3 is 2.76 bits per heavy atom. The molecule has 1 saturated heterocycles. The molecule has 9 heteroatoms. The van der Waals surface area contributed by atoms with E-state index >= 15 is 0 Å². The highest BCUT2D eigenvalue weighted by Gasteiger charge is 2.25. The second-order valence-electron chi connectivity index (χ2n) is 6.72. The number of carbonyl (C=O) groups is 2. The molecule has 150 valence electrons. The van der Waals surface area contributed by atoms with E-state index in [1.54, 1.807) is 36.1 Å². The topological polar surface area (TPSA) is 98.7 Å². The number of aryl methyl sites for hydroxylation is 2. The SMILES string of the molecule is Cc1cc(-c2nnc(COC(=O)c3ccc(Cl)c(N4CCCC4=O)c3)o2)c(C)o1. The molecular formula is C20H18ClN3O5. The number of furan rings is 1. The molecule has 3 aromatic rings. The maximum Gasteiger partial charge on any atom is 0.338 e. The summed E-state index contributed by atoms with van der Waals surface area (Å²) >= 11 is 6.21. The molecule has 3 heterocycles. The van der Waals surface area contributed by atoms with Crippen LogP contribution in [0.5, 0.6) is 0 Å². The minimum absolute atomic E-state index is 0.0133. The Labute approximate surface area is 171 Å². The van der Waals surface area contributed by atoms with Crippen molar-refractivity contribution in [2.24, 2.45) is 0 Å². The lowest BCUT2D eigenvalue weighted by molar-refractivity contribution is -0.117. The number of hydrogen-bond acceptors (Lipinski definition) is 7. The summed E-state index contributed by atoms with van der Waals surface area (Å²) in [6, 6.07) is 6.48. The lowest BCUT2D eigenvalue weighted by Crippen LogP contribution is -2.24. The number of hydrogen-bond donors (Lipinski definition) is 0. The van der Waals surface area contributed by atoms with E-state index in [0.717, 1.165) is 12.2 Å². The molecule has 1 aliphatic rings. The third-order valence-corrected chi connectivity index (χ3v) is 4.93. The van der Waals surface area contributed by atoms with Crippen molar-refractivity contribution in [1.29, 1.82) is 0 Å². The summed E-state index contributed by atoms with van der Waals surface area (Å²) in [7, 11) is 0. The Bertz CT molecular complexity index is 1090. The third-order valence-electron chi connectivity index (χ3n) is 4.61. The maximum atomic E-state index is 12.4. The lowest BCUT2D eigenvalue weighted by atomic mass is 10.2. The van der Waals surface area contributed by atoms with E-state index in [9.17, 15) is 9.59 Å². The molecule has 0 radical (unpaired) electrons. The van der Waals surface area contributed by atoms with Gasteiger partial charge in [-0.15, -0.1) is 10.2 Å². The zero-order chi connectivity index (χ0) is 20.5. The first-order valence-electron chi connectivity index (χ1n) is 9.09. The summed E-state index contributed by atoms with van der Waals surface area (Å²) in [6.07, 6.45) is 1.24. The predicted octanol–water partition coefficient (Wildman–Crippen LogP) is 4.08. The molecule has 4 rings (SSSR count). The van der Waals surface area contributed by atoms with Gasteiger partial charge in [-0.1, -0.05) is 11.6 Å². The summed E-state index contributed by atoms with van der Waals surface area (Å²) < 4.78 is 16.3. The molecule has 0 saturated carbocycles. The number of ether oxygens (including phenoxy) is 1. The van der Waals surface area contributed by atoms with Gasteiger partial charge in [0.2, 0.25) is 5.91 Å². The summed E-state index contributed by atoms with van der Waals surface area (Å²) in [5.41, 5.74) is 1.49. The number of carbonyl (C=O) groups excluding carboxylic acids is 2. The van der Waals surface area contributed by atoms with Crippen LogP contribution in [0.25, 0.3) is 11.5 Å². The number of nitrogens with zero attached hydrogens (tertiary/aromatic N) is 3. The summed E-state index contributed by atoms with van der Waals surface area (Å²) in [5.74, 6) is 1.27. The van der Waals surface area contributed by atoms with Gasteiger partial charge in [0.25, 0.3) is 11.8 Å². The number of aromatic nitrogens is 2. The molecule has 0 atom stereocenters. The van der Waals surface area contributed by atoms with Gasteiger partial charge < -0.3 is 18.5 Å². The Balaban J connectivity index is 1.45. The first kappa shape index (κ1) is 19.2. The standard InChI is InChI=1S/C20H18ClN3O5/c1-11-8-14(12(2)28-11)19-23-22-17(29-19)10-27-20(26)13-5-6-15(21)16(9-13)24-7-3-4-18(24)25/h5-6,8-9H,3-4,7,10H2,1-2H3. The molecular weight excluding hydrogens is 398 g/mol. The Morgan fingerprint density at radius 2 is 2.07 bits per heavy atom. The van der Waals surface area contributed by atoms with E-state index in [0.29, 0.717) is 40.9 Å². The van der Waals surface area contributed by atoms with Crippen LogP contribution >= 0.6 is 11.6 Å². The van der Waals surface area contributed by atoms with Gasteiger partial charge >= 0.3 is 5.97 Å². The van der Waals surface area contributed by atoms with Gasteiger partial charge in [0.1, 0.15) is 11.5 Å². The highest BCUT2D eigenvalue weighted by molar-refractivity contribution is 6.34. The van der Waals surface area contributed by atoms with Gasteiger partial charge in [-0.3, -0.25) is 4.79 Å². The van der Waals surface area contributed by atoms with Gasteiger partial charge in [-0.05, 0) is 44.5 Å². The van der Waals surface area contributed by atoms with Gasteiger partial charge in [-0.2, -0.15) is 0 Å². The van der Waals surface area contributed by atoms with Crippen molar-refractivity contribution >= 4 is 29.2 Å². The molecule has 0 bridgehead atoms. The van der Waals surface area contributed by atoms with Crippen molar-refractivity contribution in [1.82, 2.24) is 10.2 Å². The largest absolute Gasteiger partial charge is 0.466 e. The Morgan fingerprint density at radius 1 is 1.24 bits per heavy atom. The molecule has 1 amide bonds. The van der Waals surface area contributed by atoms with Crippen molar-refractivity contribution in [3.05, 3.63) is 52.3 Å². The zero-order valence-electron chi connectivity index (χ0n) is 15.9. The molecule has 8 nitrogen and oxygen atoms in total. The fraction of sp³-hybridized carbons (Fsp3) is 0.300. The monoisotopic (exact) mass is 415 g/mol. The highest BCUT2D eigenvalue weighted by atomic mass is 35.5. The second kappa shape index (κ2) is 7.71. The fourth-order valence-electron chi connectivity index (χ4n) is 3.22. The van der Waals surface area contributed by atoms with Crippen LogP contribution in [-0.2, 0) is 16.1 Å². The van der Waals surface area contributed by atoms with Crippen LogP contribution in [-0.4, -0.2) is 28.6 Å². The average molecular weight is 416 g/mol. The second-order valence-corrected chi connectivity index (χ2v) is 7.13. The third kappa shape index (κ3) is 3.88. The first-order valence-corrected chi connectivity index (χ1v) is 9.47. The molecule has 0 spiro atoms. The lowest BCUT2D eigenvalue weighted by Gasteiger charge is -2.18. The normalized spacial score (nSPS) is 13.9. The van der Waals surface area contributed by atoms with Gasteiger partial charge in [0.05, 0.1) is 21.8 Å². The van der Waals surface area contributed by atoms with E-state index in [1.807, 2.05) is 6.92 Å². The molecule has 1 aliphatic heterocycles. The van der Waals surface area contributed by atoms with Gasteiger partial charge in [0.15, 0.2) is 6.61 Å². The summed E-state index contributed by atoms with van der Waals surface area (Å²) in [4.78, 5) is 26.0. The number of halogens is 1. The number of esters is 1. The average Bonchev–Trinajstić information content (AvgIpc) is 3.40. The number of amides is 1. The molecule has 29 heavy (non-hydrogen) atoms. The van der Waals surface area contributed by atoms with Crippen molar-refractivity contribution in [2.45, 2.75) is 33.3 Å².